The van der Waals surface area contributed by atoms with E-state index in [9.17, 15) is 0 Å². The van der Waals surface area contributed by atoms with E-state index < -0.39 is 0 Å². The van der Waals surface area contributed by atoms with Crippen LogP contribution in [-0.4, -0.2) is 36.5 Å². The Morgan fingerprint density at radius 1 is 1.30 bits per heavy atom. The van der Waals surface area contributed by atoms with E-state index in [1.54, 1.807) is 0 Å². The highest BCUT2D eigenvalue weighted by atomic mass is 32.2. The van der Waals surface area contributed by atoms with Crippen molar-refractivity contribution in [2.24, 2.45) is 5.92 Å². The Labute approximate surface area is 128 Å². The molecule has 0 saturated heterocycles. The maximum absolute atomic E-state index is 5.90. The average Bonchev–Trinajstić information content (AvgIpc) is 2.83. The molecule has 1 aromatic heterocycles. The molecule has 0 spiro atoms. The first-order valence-electron chi connectivity index (χ1n) is 7.54. The second-order valence-corrected chi connectivity index (χ2v) is 6.74. The van der Waals surface area contributed by atoms with Crippen LogP contribution in [0.5, 0.6) is 0 Å². The van der Waals surface area contributed by atoms with Gasteiger partial charge in [0.1, 0.15) is 11.5 Å². The van der Waals surface area contributed by atoms with E-state index in [1.165, 1.54) is 12.2 Å². The Kier molecular flexibility index (Phi) is 8.34. The third kappa shape index (κ3) is 6.33. The lowest BCUT2D eigenvalue weighted by atomic mass is 10.2. The monoisotopic (exact) mass is 298 g/mol. The van der Waals surface area contributed by atoms with Gasteiger partial charge in [0.2, 0.25) is 0 Å². The molecule has 0 amide bonds. The highest BCUT2D eigenvalue weighted by molar-refractivity contribution is 7.98. The van der Waals surface area contributed by atoms with Crippen molar-refractivity contribution in [3.05, 3.63) is 23.7 Å². The van der Waals surface area contributed by atoms with Crippen molar-refractivity contribution < 1.29 is 4.42 Å². The highest BCUT2D eigenvalue weighted by Gasteiger charge is 2.14. The Bertz CT molecular complexity index is 365. The van der Waals surface area contributed by atoms with Crippen molar-refractivity contribution in [3.8, 4) is 0 Å². The number of nitrogens with one attached hydrogen (secondary N) is 1. The predicted molar refractivity (Wildman–Crippen MR) is 89.2 cm³/mol. The van der Waals surface area contributed by atoms with Crippen LogP contribution in [0.4, 0.5) is 0 Å². The van der Waals surface area contributed by atoms with Crippen molar-refractivity contribution in [1.29, 1.82) is 0 Å². The summed E-state index contributed by atoms with van der Waals surface area (Å²) in [7, 11) is 2.18. The number of nitrogens with zero attached hydrogens (tertiary/aromatic N) is 1. The van der Waals surface area contributed by atoms with E-state index in [-0.39, 0.29) is 0 Å². The van der Waals surface area contributed by atoms with Crippen molar-refractivity contribution in [3.63, 3.8) is 0 Å². The van der Waals surface area contributed by atoms with Gasteiger partial charge < -0.3 is 9.73 Å². The smallest absolute Gasteiger partial charge is 0.118 e. The van der Waals surface area contributed by atoms with E-state index >= 15 is 0 Å². The van der Waals surface area contributed by atoms with Crippen LogP contribution >= 0.6 is 11.8 Å². The molecule has 20 heavy (non-hydrogen) atoms. The van der Waals surface area contributed by atoms with E-state index in [2.05, 4.69) is 56.4 Å². The maximum Gasteiger partial charge on any atom is 0.118 e. The molecule has 0 aliphatic carbocycles. The topological polar surface area (TPSA) is 28.4 Å². The van der Waals surface area contributed by atoms with Crippen LogP contribution in [0.2, 0.25) is 0 Å². The Balaban J connectivity index is 2.42. The van der Waals surface area contributed by atoms with Gasteiger partial charge in [0.05, 0.1) is 13.1 Å². The third-order valence-electron chi connectivity index (χ3n) is 3.43. The van der Waals surface area contributed by atoms with Gasteiger partial charge in [0, 0.05) is 11.8 Å². The molecule has 1 rings (SSSR count). The molecular weight excluding hydrogens is 268 g/mol. The Hall–Kier alpha value is -0.450. The zero-order chi connectivity index (χ0) is 15.0. The zero-order valence-electron chi connectivity index (χ0n) is 13.6. The largest absolute Gasteiger partial charge is 0.463 e. The third-order valence-corrected chi connectivity index (χ3v) is 4.15. The first kappa shape index (κ1) is 17.6. The molecule has 1 aromatic rings. The predicted octanol–water partition coefficient (Wildman–Crippen LogP) is 3.60. The molecule has 1 heterocycles. The molecule has 0 saturated carbocycles. The second kappa shape index (κ2) is 9.48. The molecule has 1 N–H and O–H groups in total. The van der Waals surface area contributed by atoms with Crippen LogP contribution in [-0.2, 0) is 13.1 Å². The summed E-state index contributed by atoms with van der Waals surface area (Å²) >= 11 is 1.91. The van der Waals surface area contributed by atoms with Crippen molar-refractivity contribution in [2.75, 3.05) is 25.6 Å². The lowest BCUT2D eigenvalue weighted by molar-refractivity contribution is 0.226. The van der Waals surface area contributed by atoms with E-state index in [0.717, 1.165) is 31.2 Å². The summed E-state index contributed by atoms with van der Waals surface area (Å²) in [6, 6.07) is 4.82. The SMILES string of the molecule is CCC(CSC)N(C)Cc1ccc(CNCC(C)C)o1. The van der Waals surface area contributed by atoms with E-state index in [0.29, 0.717) is 12.0 Å². The maximum atomic E-state index is 5.90. The number of rotatable bonds is 10. The molecule has 0 aliphatic rings. The van der Waals surface area contributed by atoms with Gasteiger partial charge in [-0.3, -0.25) is 4.90 Å². The van der Waals surface area contributed by atoms with Gasteiger partial charge in [-0.1, -0.05) is 20.8 Å². The molecular formula is C16H30N2OS. The fraction of sp³-hybridized carbons (Fsp3) is 0.750. The van der Waals surface area contributed by atoms with Gasteiger partial charge in [0.25, 0.3) is 0 Å². The molecule has 3 nitrogen and oxygen atoms in total. The minimum Gasteiger partial charge on any atom is -0.463 e. The summed E-state index contributed by atoms with van der Waals surface area (Å²) in [6.45, 7) is 9.42. The Morgan fingerprint density at radius 2 is 2.00 bits per heavy atom. The highest BCUT2D eigenvalue weighted by Crippen LogP contribution is 2.14. The summed E-state index contributed by atoms with van der Waals surface area (Å²) in [5, 5.41) is 3.41. The summed E-state index contributed by atoms with van der Waals surface area (Å²) in [5.41, 5.74) is 0. The summed E-state index contributed by atoms with van der Waals surface area (Å²) in [4.78, 5) is 2.39. The van der Waals surface area contributed by atoms with Crippen LogP contribution in [0.3, 0.4) is 0 Å². The quantitative estimate of drug-likeness (QED) is 0.714. The van der Waals surface area contributed by atoms with Crippen LogP contribution in [0, 0.1) is 5.92 Å². The molecule has 0 bridgehead atoms. The van der Waals surface area contributed by atoms with E-state index in [1.807, 2.05) is 11.8 Å². The minimum absolute atomic E-state index is 0.623. The van der Waals surface area contributed by atoms with Crippen LogP contribution in [0.15, 0.2) is 16.5 Å². The lowest BCUT2D eigenvalue weighted by Gasteiger charge is -2.25. The fourth-order valence-corrected chi connectivity index (χ4v) is 3.09. The molecule has 0 radical (unpaired) electrons. The molecule has 116 valence electrons. The minimum atomic E-state index is 0.623. The zero-order valence-corrected chi connectivity index (χ0v) is 14.4. The van der Waals surface area contributed by atoms with Gasteiger partial charge in [-0.2, -0.15) is 11.8 Å². The van der Waals surface area contributed by atoms with Crippen molar-refractivity contribution in [2.45, 2.75) is 46.3 Å². The standard InChI is InChI=1S/C16H30N2OS/c1-6-14(12-20-5)18(4)11-16-8-7-15(19-16)10-17-9-13(2)3/h7-8,13-14,17H,6,9-12H2,1-5H3. The molecule has 4 heteroatoms. The van der Waals surface area contributed by atoms with Crippen molar-refractivity contribution in [1.82, 2.24) is 10.2 Å². The molecule has 0 aliphatic heterocycles. The van der Waals surface area contributed by atoms with Gasteiger partial charge >= 0.3 is 0 Å². The van der Waals surface area contributed by atoms with Crippen LogP contribution in [0.25, 0.3) is 0 Å². The molecule has 1 atom stereocenters. The summed E-state index contributed by atoms with van der Waals surface area (Å²) in [5.74, 6) is 3.95. The molecule has 0 aromatic carbocycles. The molecule has 0 fully saturated rings. The average molecular weight is 298 g/mol. The number of hydrogen-bond donors (Lipinski definition) is 1. The van der Waals surface area contributed by atoms with Gasteiger partial charge in [-0.25, -0.2) is 0 Å². The first-order valence-corrected chi connectivity index (χ1v) is 8.93. The van der Waals surface area contributed by atoms with Crippen LogP contribution < -0.4 is 5.32 Å². The lowest BCUT2D eigenvalue weighted by Crippen LogP contribution is -2.32. The van der Waals surface area contributed by atoms with Gasteiger partial charge in [-0.15, -0.1) is 0 Å². The van der Waals surface area contributed by atoms with Gasteiger partial charge in [0.15, 0.2) is 0 Å². The Morgan fingerprint density at radius 3 is 2.60 bits per heavy atom. The summed E-state index contributed by atoms with van der Waals surface area (Å²) in [6.07, 6.45) is 3.35. The van der Waals surface area contributed by atoms with Crippen molar-refractivity contribution >= 4 is 11.8 Å². The second-order valence-electron chi connectivity index (χ2n) is 5.83. The number of thioether (sulfide) groups is 1. The molecule has 1 unspecified atom stereocenters. The first-order chi connectivity index (χ1) is 9.56. The van der Waals surface area contributed by atoms with Gasteiger partial charge in [-0.05, 0) is 44.3 Å². The van der Waals surface area contributed by atoms with E-state index in [4.69, 9.17) is 4.42 Å². The van der Waals surface area contributed by atoms with Crippen LogP contribution in [0.1, 0.15) is 38.7 Å². The number of furan rings is 1. The number of hydrogen-bond acceptors (Lipinski definition) is 4. The fourth-order valence-electron chi connectivity index (χ4n) is 2.21. The summed E-state index contributed by atoms with van der Waals surface area (Å²) < 4.78 is 5.90. The normalized spacial score (nSPS) is 13.3.